The third kappa shape index (κ3) is 3.53. The number of hydrogen-bond acceptors (Lipinski definition) is 6. The monoisotopic (exact) mass is 312 g/mol. The highest BCUT2D eigenvalue weighted by atomic mass is 35.5. The second kappa shape index (κ2) is 5.74. The second-order valence-electron chi connectivity index (χ2n) is 4.34. The Kier molecular flexibility index (Phi) is 4.19. The van der Waals surface area contributed by atoms with Gasteiger partial charge >= 0.3 is 5.97 Å². The highest BCUT2D eigenvalue weighted by Gasteiger charge is 2.26. The molecule has 6 N–H and O–H groups in total. The summed E-state index contributed by atoms with van der Waals surface area (Å²) in [6, 6.07) is 5.69. The number of carbonyl (C=O) groups is 1. The third-order valence-electron chi connectivity index (χ3n) is 2.77. The minimum Gasteiger partial charge on any atom is -0.478 e. The van der Waals surface area contributed by atoms with E-state index in [0.29, 0.717) is 5.76 Å². The lowest BCUT2D eigenvalue weighted by Gasteiger charge is -2.19. The smallest absolute Gasteiger partial charge is 0.337 e. The molecule has 0 aliphatic heterocycles. The Morgan fingerprint density at radius 3 is 2.67 bits per heavy atom. The summed E-state index contributed by atoms with van der Waals surface area (Å²) in [6.45, 7) is 0.245. The molecule has 0 spiro atoms. The van der Waals surface area contributed by atoms with Gasteiger partial charge in [0, 0.05) is 5.56 Å². The van der Waals surface area contributed by atoms with Crippen LogP contribution in [0.1, 0.15) is 21.7 Å². The fourth-order valence-electron chi connectivity index (χ4n) is 1.77. The SMILES string of the molecule is NC(O)(O)c1cc(C(=O)O)c(NCc2ccco2)cc1Cl. The highest BCUT2D eigenvalue weighted by molar-refractivity contribution is 6.32. The van der Waals surface area contributed by atoms with E-state index in [1.807, 2.05) is 0 Å². The fourth-order valence-corrected chi connectivity index (χ4v) is 2.08. The van der Waals surface area contributed by atoms with Crippen LogP contribution in [0.15, 0.2) is 34.9 Å². The zero-order valence-electron chi connectivity index (χ0n) is 10.7. The third-order valence-corrected chi connectivity index (χ3v) is 3.08. The maximum Gasteiger partial charge on any atom is 0.337 e. The van der Waals surface area contributed by atoms with Crippen LogP contribution in [-0.4, -0.2) is 21.3 Å². The van der Waals surface area contributed by atoms with Gasteiger partial charge in [0.05, 0.1) is 29.1 Å². The lowest BCUT2D eigenvalue weighted by atomic mass is 10.1. The first-order valence-corrected chi connectivity index (χ1v) is 6.24. The Hall–Kier alpha value is -2.06. The van der Waals surface area contributed by atoms with Crippen LogP contribution >= 0.6 is 11.6 Å². The maximum absolute atomic E-state index is 11.3. The number of halogens is 1. The number of rotatable bonds is 5. The molecule has 1 heterocycles. The van der Waals surface area contributed by atoms with E-state index in [-0.39, 0.29) is 28.4 Å². The number of hydrogen-bond donors (Lipinski definition) is 5. The van der Waals surface area contributed by atoms with E-state index in [4.69, 9.17) is 21.8 Å². The first-order chi connectivity index (χ1) is 9.79. The summed E-state index contributed by atoms with van der Waals surface area (Å²) in [6.07, 6.45) is 1.49. The van der Waals surface area contributed by atoms with Crippen molar-refractivity contribution in [3.8, 4) is 0 Å². The van der Waals surface area contributed by atoms with Crippen LogP contribution in [-0.2, 0) is 12.5 Å². The second-order valence-corrected chi connectivity index (χ2v) is 4.75. The highest BCUT2D eigenvalue weighted by Crippen LogP contribution is 2.30. The number of nitrogens with two attached hydrogens (primary N) is 1. The Labute approximate surface area is 124 Å². The molecule has 0 bridgehead atoms. The molecule has 112 valence electrons. The molecule has 0 atom stereocenters. The Morgan fingerprint density at radius 1 is 1.43 bits per heavy atom. The predicted molar refractivity (Wildman–Crippen MR) is 74.7 cm³/mol. The van der Waals surface area contributed by atoms with Crippen LogP contribution in [0.4, 0.5) is 5.69 Å². The minimum absolute atomic E-state index is 0.0746. The molecule has 21 heavy (non-hydrogen) atoms. The van der Waals surface area contributed by atoms with Crippen molar-refractivity contribution in [3.05, 3.63) is 52.4 Å². The molecule has 2 rings (SSSR count). The average molecular weight is 313 g/mol. The normalized spacial score (nSPS) is 11.4. The summed E-state index contributed by atoms with van der Waals surface area (Å²) in [4.78, 5) is 11.3. The zero-order chi connectivity index (χ0) is 15.6. The Balaban J connectivity index is 2.36. The largest absolute Gasteiger partial charge is 0.478 e. The fraction of sp³-hybridized carbons (Fsp3) is 0.154. The van der Waals surface area contributed by atoms with E-state index in [2.05, 4.69) is 5.32 Å². The van der Waals surface area contributed by atoms with Gasteiger partial charge in [-0.15, -0.1) is 0 Å². The molecule has 0 aliphatic carbocycles. The molecule has 1 aromatic carbocycles. The summed E-state index contributed by atoms with van der Waals surface area (Å²) in [5.41, 5.74) is 4.84. The van der Waals surface area contributed by atoms with Crippen LogP contribution < -0.4 is 11.1 Å². The number of furan rings is 1. The van der Waals surface area contributed by atoms with Crippen LogP contribution in [0.2, 0.25) is 5.02 Å². The van der Waals surface area contributed by atoms with Crippen molar-refractivity contribution in [2.24, 2.45) is 5.73 Å². The van der Waals surface area contributed by atoms with Gasteiger partial charge in [-0.3, -0.25) is 5.73 Å². The van der Waals surface area contributed by atoms with Gasteiger partial charge in [0.15, 0.2) is 0 Å². The van der Waals surface area contributed by atoms with Gasteiger partial charge in [-0.05, 0) is 24.3 Å². The minimum atomic E-state index is -2.72. The number of nitrogens with one attached hydrogen (secondary N) is 1. The van der Waals surface area contributed by atoms with E-state index in [9.17, 15) is 20.1 Å². The lowest BCUT2D eigenvalue weighted by molar-refractivity contribution is -0.163. The molecule has 1 aromatic heterocycles. The molecule has 0 saturated carbocycles. The van der Waals surface area contributed by atoms with Crippen LogP contribution in [0.3, 0.4) is 0 Å². The van der Waals surface area contributed by atoms with Gasteiger partial charge in [0.25, 0.3) is 0 Å². The topological polar surface area (TPSA) is 129 Å². The van der Waals surface area contributed by atoms with E-state index in [1.54, 1.807) is 12.1 Å². The number of aromatic carboxylic acids is 1. The molecule has 0 radical (unpaired) electrons. The molecular formula is C13H13ClN2O5. The van der Waals surface area contributed by atoms with Gasteiger partial charge in [0.2, 0.25) is 5.91 Å². The van der Waals surface area contributed by atoms with Crippen LogP contribution in [0.25, 0.3) is 0 Å². The van der Waals surface area contributed by atoms with Crippen molar-refractivity contribution in [3.63, 3.8) is 0 Å². The van der Waals surface area contributed by atoms with Gasteiger partial charge in [-0.25, -0.2) is 4.79 Å². The molecule has 0 aliphatic rings. The van der Waals surface area contributed by atoms with E-state index >= 15 is 0 Å². The molecule has 7 nitrogen and oxygen atoms in total. The predicted octanol–water partition coefficient (Wildman–Crippen LogP) is 1.30. The summed E-state index contributed by atoms with van der Waals surface area (Å²) >= 11 is 5.89. The van der Waals surface area contributed by atoms with Gasteiger partial charge in [-0.1, -0.05) is 11.6 Å². The van der Waals surface area contributed by atoms with Crippen molar-refractivity contribution in [2.45, 2.75) is 12.5 Å². The Bertz CT molecular complexity index is 649. The van der Waals surface area contributed by atoms with Crippen molar-refractivity contribution in [1.29, 1.82) is 0 Å². The number of carboxylic acids is 1. The first kappa shape index (κ1) is 15.3. The number of aliphatic hydroxyl groups is 2. The number of carboxylic acid groups (broad SMARTS) is 1. The lowest BCUT2D eigenvalue weighted by Crippen LogP contribution is -2.36. The van der Waals surface area contributed by atoms with Crippen LogP contribution in [0, 0.1) is 0 Å². The summed E-state index contributed by atoms with van der Waals surface area (Å²) < 4.78 is 5.12. The molecule has 2 aromatic rings. The van der Waals surface area contributed by atoms with Crippen molar-refractivity contribution in [2.75, 3.05) is 5.32 Å². The summed E-state index contributed by atoms with van der Waals surface area (Å²) in [5, 5.41) is 30.7. The quantitative estimate of drug-likeness (QED) is 0.526. The zero-order valence-corrected chi connectivity index (χ0v) is 11.5. The van der Waals surface area contributed by atoms with Gasteiger partial charge in [-0.2, -0.15) is 0 Å². The first-order valence-electron chi connectivity index (χ1n) is 5.86. The van der Waals surface area contributed by atoms with E-state index in [0.717, 1.165) is 6.07 Å². The van der Waals surface area contributed by atoms with E-state index < -0.39 is 11.9 Å². The van der Waals surface area contributed by atoms with Crippen molar-refractivity contribution >= 4 is 23.3 Å². The van der Waals surface area contributed by atoms with Gasteiger partial charge < -0.3 is 25.1 Å². The van der Waals surface area contributed by atoms with E-state index in [1.165, 1.54) is 12.3 Å². The molecular weight excluding hydrogens is 300 g/mol. The van der Waals surface area contributed by atoms with Gasteiger partial charge in [0.1, 0.15) is 5.76 Å². The summed E-state index contributed by atoms with van der Waals surface area (Å²) in [7, 11) is 0. The van der Waals surface area contributed by atoms with Crippen molar-refractivity contribution < 1.29 is 24.5 Å². The molecule has 0 amide bonds. The molecule has 0 saturated heterocycles. The van der Waals surface area contributed by atoms with Crippen LogP contribution in [0.5, 0.6) is 0 Å². The summed E-state index contributed by atoms with van der Waals surface area (Å²) in [5.74, 6) is -3.39. The number of benzene rings is 1. The standard InChI is InChI=1S/C13H13ClN2O5/c14-10-5-11(16-6-7-2-1-3-21-7)8(12(17)18)4-9(10)13(15,19)20/h1-5,16,19-20H,6,15H2,(H,17,18). The average Bonchev–Trinajstić information content (AvgIpc) is 2.87. The molecule has 0 fully saturated rings. The maximum atomic E-state index is 11.3. The number of anilines is 1. The Morgan fingerprint density at radius 2 is 2.14 bits per heavy atom. The molecule has 0 unspecified atom stereocenters. The van der Waals surface area contributed by atoms with Crippen molar-refractivity contribution in [1.82, 2.24) is 0 Å². The molecule has 8 heteroatoms.